The summed E-state index contributed by atoms with van der Waals surface area (Å²) >= 11 is 1.25. The lowest BCUT2D eigenvalue weighted by Gasteiger charge is -2.27. The maximum Gasteiger partial charge on any atom is 0.338 e. The Morgan fingerprint density at radius 1 is 0.939 bits per heavy atom. The molecule has 0 fully saturated rings. The van der Waals surface area contributed by atoms with Crippen molar-refractivity contribution in [1.82, 2.24) is 4.57 Å². The van der Waals surface area contributed by atoms with Crippen LogP contribution in [0.1, 0.15) is 43.5 Å². The summed E-state index contributed by atoms with van der Waals surface area (Å²) < 4.78 is 30.7. The van der Waals surface area contributed by atoms with Crippen LogP contribution >= 0.6 is 11.3 Å². The van der Waals surface area contributed by atoms with E-state index in [2.05, 4.69) is 24.3 Å². The lowest BCUT2D eigenvalue weighted by atomic mass is 9.95. The molecule has 0 saturated carbocycles. The topological polar surface area (TPSA) is 97.6 Å². The second-order valence-corrected chi connectivity index (χ2v) is 12.8. The number of methoxy groups -OCH3 is 2. The Morgan fingerprint density at radius 2 is 1.71 bits per heavy atom. The summed E-state index contributed by atoms with van der Waals surface area (Å²) in [6.07, 6.45) is 1.66. The number of aromatic nitrogens is 1. The molecule has 1 aliphatic rings. The lowest BCUT2D eigenvalue weighted by molar-refractivity contribution is -0.140. The molecule has 0 N–H and O–H groups in total. The van der Waals surface area contributed by atoms with Crippen molar-refractivity contribution in [2.24, 2.45) is 4.99 Å². The molecular formula is C39H38N2O7S. The van der Waals surface area contributed by atoms with Crippen molar-refractivity contribution in [2.45, 2.75) is 39.5 Å². The molecule has 0 bridgehead atoms. The van der Waals surface area contributed by atoms with Gasteiger partial charge in [-0.2, -0.15) is 0 Å². The molecule has 0 aliphatic carbocycles. The van der Waals surface area contributed by atoms with Crippen LogP contribution in [0.2, 0.25) is 0 Å². The van der Waals surface area contributed by atoms with Crippen molar-refractivity contribution in [3.8, 4) is 17.2 Å². The molecule has 0 saturated heterocycles. The Hall–Kier alpha value is -5.19. The van der Waals surface area contributed by atoms with E-state index in [0.29, 0.717) is 44.4 Å². The van der Waals surface area contributed by atoms with Gasteiger partial charge in [-0.15, -0.1) is 0 Å². The third-order valence-corrected chi connectivity index (χ3v) is 9.07. The van der Waals surface area contributed by atoms with Crippen LogP contribution in [0.3, 0.4) is 0 Å². The Bertz CT molecular complexity index is 2210. The molecule has 252 valence electrons. The number of para-hydroxylation sites is 1. The Kier molecular flexibility index (Phi) is 10.3. The van der Waals surface area contributed by atoms with E-state index in [9.17, 15) is 9.59 Å². The smallest absolute Gasteiger partial charge is 0.338 e. The molecular weight excluding hydrogens is 641 g/mol. The Labute approximate surface area is 288 Å². The average molecular weight is 679 g/mol. The van der Waals surface area contributed by atoms with Gasteiger partial charge in [-0.25, -0.2) is 9.79 Å². The van der Waals surface area contributed by atoms with Crippen molar-refractivity contribution in [1.29, 1.82) is 0 Å². The van der Waals surface area contributed by atoms with Crippen molar-refractivity contribution in [2.75, 3.05) is 27.4 Å². The number of benzene rings is 4. The van der Waals surface area contributed by atoms with Gasteiger partial charge in [-0.3, -0.25) is 9.36 Å². The number of carbonyl (C=O) groups excluding carboxylic acids is 1. The number of hydrogen-bond acceptors (Lipinski definition) is 9. The number of carbonyl (C=O) groups is 1. The van der Waals surface area contributed by atoms with Crippen LogP contribution in [0.5, 0.6) is 17.2 Å². The van der Waals surface area contributed by atoms with Crippen LogP contribution in [-0.2, 0) is 20.9 Å². The number of thiazole rings is 1. The summed E-state index contributed by atoms with van der Waals surface area (Å²) in [5, 5.41) is 2.28. The summed E-state index contributed by atoms with van der Waals surface area (Å²) in [5.74, 6) is 1.12. The van der Waals surface area contributed by atoms with Gasteiger partial charge in [0, 0.05) is 12.7 Å². The first-order valence-electron chi connectivity index (χ1n) is 16.0. The molecule has 2 heterocycles. The van der Waals surface area contributed by atoms with Crippen molar-refractivity contribution < 1.29 is 28.5 Å². The first kappa shape index (κ1) is 33.7. The third-order valence-electron chi connectivity index (χ3n) is 8.09. The predicted molar refractivity (Wildman–Crippen MR) is 190 cm³/mol. The van der Waals surface area contributed by atoms with Gasteiger partial charge in [0.25, 0.3) is 5.56 Å². The van der Waals surface area contributed by atoms with E-state index < -0.39 is 12.0 Å². The van der Waals surface area contributed by atoms with Gasteiger partial charge >= 0.3 is 5.97 Å². The first-order chi connectivity index (χ1) is 23.8. The molecule has 6 rings (SSSR count). The Morgan fingerprint density at radius 3 is 2.51 bits per heavy atom. The molecule has 0 amide bonds. The number of hydrogen-bond donors (Lipinski definition) is 0. The number of nitrogens with zero attached hydrogens (tertiary/aromatic N) is 2. The van der Waals surface area contributed by atoms with Gasteiger partial charge in [0.05, 0.1) is 35.6 Å². The second-order valence-electron chi connectivity index (χ2n) is 11.8. The fourth-order valence-corrected chi connectivity index (χ4v) is 6.91. The summed E-state index contributed by atoms with van der Waals surface area (Å²) in [6.45, 7) is 6.29. The second kappa shape index (κ2) is 14.9. The van der Waals surface area contributed by atoms with Gasteiger partial charge in [-0.1, -0.05) is 78.1 Å². The van der Waals surface area contributed by atoms with E-state index >= 15 is 0 Å². The normalized spacial score (nSPS) is 14.5. The van der Waals surface area contributed by atoms with Crippen LogP contribution < -0.4 is 29.1 Å². The molecule has 4 aromatic carbocycles. The van der Waals surface area contributed by atoms with Gasteiger partial charge < -0.3 is 23.7 Å². The van der Waals surface area contributed by atoms with Gasteiger partial charge in [-0.05, 0) is 66.9 Å². The van der Waals surface area contributed by atoms with Crippen LogP contribution in [-0.4, -0.2) is 44.1 Å². The summed E-state index contributed by atoms with van der Waals surface area (Å²) in [7, 11) is 3.12. The highest BCUT2D eigenvalue weighted by atomic mass is 32.1. The minimum absolute atomic E-state index is 0.0663. The number of ether oxygens (including phenoxy) is 5. The third kappa shape index (κ3) is 7.16. The standard InChI is InChI=1S/C39H38N2O7S/c1-24(2)48-31-16-9-8-15-30(31)36-35(38(43)46-20-19-44-4)25(3)40-39-41(36)37(42)34(49-39)22-26-17-18-32(33(21-26)45-5)47-23-28-13-10-12-27-11-6-7-14-29(27)28/h6-18,21-22,24,36H,19-20,23H2,1-5H3/b34-22+/t36-/m1/s1. The highest BCUT2D eigenvalue weighted by Gasteiger charge is 2.35. The van der Waals surface area contributed by atoms with Crippen LogP contribution in [0, 0.1) is 0 Å². The van der Waals surface area contributed by atoms with Crippen LogP contribution in [0.25, 0.3) is 16.8 Å². The van der Waals surface area contributed by atoms with Gasteiger partial charge in [0.1, 0.15) is 25.0 Å². The van der Waals surface area contributed by atoms with E-state index in [1.807, 2.05) is 74.5 Å². The minimum atomic E-state index is -0.817. The highest BCUT2D eigenvalue weighted by molar-refractivity contribution is 7.07. The molecule has 0 spiro atoms. The Balaban J connectivity index is 1.38. The monoisotopic (exact) mass is 678 g/mol. The number of fused-ring (bicyclic) bond motifs is 2. The van der Waals surface area contributed by atoms with Gasteiger partial charge in [0.2, 0.25) is 0 Å². The summed E-state index contributed by atoms with van der Waals surface area (Å²) in [6, 6.07) is 26.5. The van der Waals surface area contributed by atoms with Crippen molar-refractivity contribution in [3.05, 3.63) is 133 Å². The molecule has 49 heavy (non-hydrogen) atoms. The molecule has 1 atom stereocenters. The first-order valence-corrected chi connectivity index (χ1v) is 16.8. The maximum atomic E-state index is 14.2. The van der Waals surface area contributed by atoms with Crippen molar-refractivity contribution in [3.63, 3.8) is 0 Å². The van der Waals surface area contributed by atoms with E-state index in [0.717, 1.165) is 21.9 Å². The SMILES string of the molecule is COCCOC(=O)C1=C(C)N=c2s/c(=C/c3ccc(OCc4cccc5ccccc45)c(OC)c3)c(=O)n2[C@@H]1c1ccccc1OC(C)C. The average Bonchev–Trinajstić information content (AvgIpc) is 3.40. The quantitative estimate of drug-likeness (QED) is 0.119. The van der Waals surface area contributed by atoms with Crippen LogP contribution in [0.4, 0.5) is 0 Å². The summed E-state index contributed by atoms with van der Waals surface area (Å²) in [4.78, 5) is 33.0. The molecule has 1 aromatic heterocycles. The molecule has 0 radical (unpaired) electrons. The van der Waals surface area contributed by atoms with E-state index in [-0.39, 0.29) is 30.5 Å². The molecule has 0 unspecified atom stereocenters. The maximum absolute atomic E-state index is 14.2. The fourth-order valence-electron chi connectivity index (χ4n) is 5.86. The van der Waals surface area contributed by atoms with E-state index in [1.54, 1.807) is 24.7 Å². The predicted octanol–water partition coefficient (Wildman–Crippen LogP) is 5.95. The zero-order valence-electron chi connectivity index (χ0n) is 28.1. The van der Waals surface area contributed by atoms with Crippen LogP contribution in [0.15, 0.2) is 106 Å². The van der Waals surface area contributed by atoms with E-state index in [1.165, 1.54) is 18.4 Å². The number of allylic oxidation sites excluding steroid dienone is 1. The van der Waals surface area contributed by atoms with Gasteiger partial charge in [0.15, 0.2) is 16.3 Å². The lowest BCUT2D eigenvalue weighted by Crippen LogP contribution is -2.40. The minimum Gasteiger partial charge on any atom is -0.493 e. The number of esters is 1. The molecule has 5 aromatic rings. The van der Waals surface area contributed by atoms with E-state index in [4.69, 9.17) is 28.7 Å². The number of rotatable bonds is 12. The molecule has 1 aliphatic heterocycles. The summed E-state index contributed by atoms with van der Waals surface area (Å²) in [5.41, 5.74) is 2.91. The molecule has 10 heteroatoms. The fraction of sp³-hybridized carbons (Fsp3) is 0.256. The zero-order chi connectivity index (χ0) is 34.5. The molecule has 9 nitrogen and oxygen atoms in total. The van der Waals surface area contributed by atoms with Crippen molar-refractivity contribution >= 4 is 34.2 Å². The highest BCUT2D eigenvalue weighted by Crippen LogP contribution is 2.36. The largest absolute Gasteiger partial charge is 0.493 e. The zero-order valence-corrected chi connectivity index (χ0v) is 28.9.